The predicted molar refractivity (Wildman–Crippen MR) is 125 cm³/mol. The van der Waals surface area contributed by atoms with Crippen molar-refractivity contribution >= 4 is 29.5 Å². The van der Waals surface area contributed by atoms with Crippen LogP contribution in [0.3, 0.4) is 0 Å². The molecule has 9 heteroatoms. The van der Waals surface area contributed by atoms with Gasteiger partial charge in [0.05, 0.1) is 24.0 Å². The summed E-state index contributed by atoms with van der Waals surface area (Å²) >= 11 is 1.36. The third kappa shape index (κ3) is 4.20. The Hall–Kier alpha value is -3.33. The molecule has 0 aromatic carbocycles. The molecule has 3 aromatic heterocycles. The Morgan fingerprint density at radius 2 is 2.12 bits per heavy atom. The van der Waals surface area contributed by atoms with E-state index in [-0.39, 0.29) is 23.6 Å². The van der Waals surface area contributed by atoms with Crippen LogP contribution < -0.4 is 0 Å². The second kappa shape index (κ2) is 9.27. The molecule has 33 heavy (non-hydrogen) atoms. The van der Waals surface area contributed by atoms with Crippen molar-refractivity contribution in [3.05, 3.63) is 72.4 Å². The van der Waals surface area contributed by atoms with Crippen LogP contribution >= 0.6 is 11.8 Å². The molecule has 2 unspecified atom stereocenters. The summed E-state index contributed by atoms with van der Waals surface area (Å²) in [7, 11) is 0. The summed E-state index contributed by atoms with van der Waals surface area (Å²) in [6.45, 7) is 6.27. The van der Waals surface area contributed by atoms with Crippen molar-refractivity contribution in [2.45, 2.75) is 43.9 Å². The fourth-order valence-electron chi connectivity index (χ4n) is 4.49. The van der Waals surface area contributed by atoms with Gasteiger partial charge < -0.3 is 13.4 Å². The zero-order chi connectivity index (χ0) is 22.8. The van der Waals surface area contributed by atoms with Crippen molar-refractivity contribution in [1.82, 2.24) is 19.8 Å². The normalized spacial score (nSPS) is 21.3. The SMILES string of the molecule is C=CCn1c(C)nnc1SCC(=O)N1N=C2/C(=C\c3ccco3)CCCC2C1c1ccco1. The summed E-state index contributed by atoms with van der Waals surface area (Å²) in [6, 6.07) is 7.32. The number of thioether (sulfide) groups is 1. The molecule has 3 aromatic rings. The summed E-state index contributed by atoms with van der Waals surface area (Å²) in [5.74, 6) is 2.53. The third-order valence-corrected chi connectivity index (χ3v) is 6.94. The van der Waals surface area contributed by atoms with E-state index < -0.39 is 0 Å². The van der Waals surface area contributed by atoms with Gasteiger partial charge >= 0.3 is 0 Å². The van der Waals surface area contributed by atoms with Crippen LogP contribution in [0.1, 0.15) is 42.6 Å². The number of aryl methyl sites for hydroxylation is 1. The number of fused-ring (bicyclic) bond motifs is 1. The minimum Gasteiger partial charge on any atom is -0.467 e. The number of hydrogen-bond acceptors (Lipinski definition) is 7. The fourth-order valence-corrected chi connectivity index (χ4v) is 5.34. The monoisotopic (exact) mass is 463 g/mol. The number of amides is 1. The van der Waals surface area contributed by atoms with Gasteiger partial charge in [0.2, 0.25) is 0 Å². The summed E-state index contributed by atoms with van der Waals surface area (Å²) < 4.78 is 13.2. The molecule has 4 heterocycles. The molecule has 8 nitrogen and oxygen atoms in total. The van der Waals surface area contributed by atoms with Gasteiger partial charge in [0, 0.05) is 12.5 Å². The molecule has 1 saturated carbocycles. The Morgan fingerprint density at radius 1 is 1.27 bits per heavy atom. The smallest absolute Gasteiger partial charge is 0.253 e. The van der Waals surface area contributed by atoms with Crippen molar-refractivity contribution in [2.24, 2.45) is 11.0 Å². The van der Waals surface area contributed by atoms with E-state index in [0.717, 1.165) is 47.9 Å². The Bertz CT molecular complexity index is 1190. The summed E-state index contributed by atoms with van der Waals surface area (Å²) in [4.78, 5) is 13.4. The van der Waals surface area contributed by atoms with E-state index in [2.05, 4.69) is 16.8 Å². The van der Waals surface area contributed by atoms with E-state index in [0.29, 0.717) is 11.7 Å². The molecule has 0 spiro atoms. The third-order valence-electron chi connectivity index (χ3n) is 5.99. The standard InChI is InChI=1S/C24H25N5O3S/c1-3-11-28-16(2)25-26-24(28)33-15-21(30)29-23(20-10-6-13-32-20)19-9-4-7-17(22(19)27-29)14-18-8-5-12-31-18/h3,5-6,8,10,12-14,19,23H,1,4,7,9,11,15H2,2H3/b17-14-. The molecule has 0 bridgehead atoms. The van der Waals surface area contributed by atoms with E-state index in [4.69, 9.17) is 13.9 Å². The van der Waals surface area contributed by atoms with E-state index >= 15 is 0 Å². The van der Waals surface area contributed by atoms with Crippen LogP contribution in [0.15, 0.2) is 74.1 Å². The van der Waals surface area contributed by atoms with Crippen molar-refractivity contribution in [3.8, 4) is 0 Å². The Labute approximate surface area is 196 Å². The van der Waals surface area contributed by atoms with Crippen LogP contribution in [0.4, 0.5) is 0 Å². The number of aromatic nitrogens is 3. The topological polar surface area (TPSA) is 89.7 Å². The van der Waals surface area contributed by atoms with Crippen molar-refractivity contribution < 1.29 is 13.6 Å². The van der Waals surface area contributed by atoms with E-state index in [1.807, 2.05) is 41.8 Å². The number of carbonyl (C=O) groups is 1. The Balaban J connectivity index is 1.42. The molecule has 170 valence electrons. The molecule has 0 saturated heterocycles. The average Bonchev–Trinajstić information content (AvgIpc) is 3.61. The van der Waals surface area contributed by atoms with Gasteiger partial charge in [0.25, 0.3) is 5.91 Å². The van der Waals surface area contributed by atoms with E-state index in [1.54, 1.807) is 23.6 Å². The highest BCUT2D eigenvalue weighted by Crippen LogP contribution is 2.44. The second-order valence-corrected chi connectivity index (χ2v) is 9.03. The first-order valence-corrected chi connectivity index (χ1v) is 12.0. The molecule has 5 rings (SSSR count). The minimum atomic E-state index is -0.254. The number of nitrogens with zero attached hydrogens (tertiary/aromatic N) is 5. The number of allylic oxidation sites excluding steroid dienone is 2. The van der Waals surface area contributed by atoms with Gasteiger partial charge in [0.1, 0.15) is 23.4 Å². The van der Waals surface area contributed by atoms with Crippen LogP contribution in [0.2, 0.25) is 0 Å². The molecule has 1 aliphatic carbocycles. The Kier molecular flexibility index (Phi) is 6.04. The Morgan fingerprint density at radius 3 is 2.88 bits per heavy atom. The average molecular weight is 464 g/mol. The highest BCUT2D eigenvalue weighted by molar-refractivity contribution is 7.99. The van der Waals surface area contributed by atoms with Crippen molar-refractivity contribution in [2.75, 3.05) is 5.75 Å². The molecular formula is C24H25N5O3S. The van der Waals surface area contributed by atoms with Gasteiger partial charge in [-0.25, -0.2) is 5.01 Å². The van der Waals surface area contributed by atoms with Gasteiger partial charge in [0.15, 0.2) is 5.16 Å². The van der Waals surface area contributed by atoms with Crippen LogP contribution in [0, 0.1) is 12.8 Å². The first-order valence-electron chi connectivity index (χ1n) is 11.0. The maximum absolute atomic E-state index is 13.4. The lowest BCUT2D eigenvalue weighted by atomic mass is 9.79. The van der Waals surface area contributed by atoms with Gasteiger partial charge in [-0.3, -0.25) is 4.79 Å². The molecule has 2 aliphatic rings. The predicted octanol–water partition coefficient (Wildman–Crippen LogP) is 4.87. The van der Waals surface area contributed by atoms with Crippen LogP contribution in [-0.4, -0.2) is 37.1 Å². The molecule has 1 aliphatic heterocycles. The van der Waals surface area contributed by atoms with Gasteiger partial charge in [-0.2, -0.15) is 5.10 Å². The fraction of sp³-hybridized carbons (Fsp3) is 0.333. The van der Waals surface area contributed by atoms with Crippen LogP contribution in [-0.2, 0) is 11.3 Å². The summed E-state index contributed by atoms with van der Waals surface area (Å²) in [6.07, 6.45) is 10.0. The first kappa shape index (κ1) is 21.5. The number of furan rings is 2. The second-order valence-electron chi connectivity index (χ2n) is 8.09. The van der Waals surface area contributed by atoms with Crippen LogP contribution in [0.25, 0.3) is 6.08 Å². The molecule has 1 amide bonds. The van der Waals surface area contributed by atoms with Crippen LogP contribution in [0.5, 0.6) is 0 Å². The quantitative estimate of drug-likeness (QED) is 0.367. The lowest BCUT2D eigenvalue weighted by Crippen LogP contribution is -2.32. The highest BCUT2D eigenvalue weighted by Gasteiger charge is 2.45. The molecule has 0 radical (unpaired) electrons. The number of hydrazone groups is 1. The van der Waals surface area contributed by atoms with Gasteiger partial charge in [-0.1, -0.05) is 17.8 Å². The lowest BCUT2D eigenvalue weighted by molar-refractivity contribution is -0.131. The summed E-state index contributed by atoms with van der Waals surface area (Å²) in [5.41, 5.74) is 2.06. The van der Waals surface area contributed by atoms with Gasteiger partial charge in [-0.05, 0) is 62.1 Å². The number of carbonyl (C=O) groups excluding carboxylic acids is 1. The van der Waals surface area contributed by atoms with Crippen molar-refractivity contribution in [1.29, 1.82) is 0 Å². The molecular weight excluding hydrogens is 438 g/mol. The molecule has 0 N–H and O–H groups in total. The largest absolute Gasteiger partial charge is 0.467 e. The maximum Gasteiger partial charge on any atom is 0.253 e. The van der Waals surface area contributed by atoms with E-state index in [9.17, 15) is 4.79 Å². The molecule has 1 fully saturated rings. The zero-order valence-electron chi connectivity index (χ0n) is 18.4. The number of hydrogen-bond donors (Lipinski definition) is 0. The first-order chi connectivity index (χ1) is 16.2. The van der Waals surface area contributed by atoms with E-state index in [1.165, 1.54) is 11.8 Å². The number of rotatable bonds is 7. The zero-order valence-corrected chi connectivity index (χ0v) is 19.2. The highest BCUT2D eigenvalue weighted by atomic mass is 32.2. The molecule has 2 atom stereocenters. The minimum absolute atomic E-state index is 0.0896. The maximum atomic E-state index is 13.4. The van der Waals surface area contributed by atoms with Gasteiger partial charge in [-0.15, -0.1) is 16.8 Å². The summed E-state index contributed by atoms with van der Waals surface area (Å²) in [5, 5.41) is 15.5. The lowest BCUT2D eigenvalue weighted by Gasteiger charge is -2.27. The van der Waals surface area contributed by atoms with Crippen molar-refractivity contribution in [3.63, 3.8) is 0 Å².